The summed E-state index contributed by atoms with van der Waals surface area (Å²) in [7, 11) is 1.49. The molecule has 0 spiro atoms. The standard InChI is InChI=1S/C14H20N2O3S/c1-19-13-3-2-10(8-12(13)17)16-14(18)9-20-11-4-6-15-7-5-11/h2-3,8,11,15,17H,4-7,9H2,1H3,(H,16,18). The summed E-state index contributed by atoms with van der Waals surface area (Å²) in [6.07, 6.45) is 2.22. The van der Waals surface area contributed by atoms with E-state index in [4.69, 9.17) is 4.74 Å². The number of anilines is 1. The molecule has 0 atom stereocenters. The molecule has 5 nitrogen and oxygen atoms in total. The first-order valence-electron chi connectivity index (χ1n) is 6.68. The Morgan fingerprint density at radius 3 is 2.90 bits per heavy atom. The molecule has 0 aliphatic carbocycles. The van der Waals surface area contributed by atoms with Crippen molar-refractivity contribution in [2.45, 2.75) is 18.1 Å². The SMILES string of the molecule is COc1ccc(NC(=O)CSC2CCNCC2)cc1O. The van der Waals surface area contributed by atoms with Crippen LogP contribution >= 0.6 is 11.8 Å². The molecule has 1 aromatic carbocycles. The number of aromatic hydroxyl groups is 1. The molecular weight excluding hydrogens is 276 g/mol. The predicted octanol–water partition coefficient (Wildman–Crippen LogP) is 1.82. The van der Waals surface area contributed by atoms with E-state index in [1.54, 1.807) is 23.9 Å². The fourth-order valence-corrected chi connectivity index (χ4v) is 3.15. The van der Waals surface area contributed by atoms with Crippen LogP contribution < -0.4 is 15.4 Å². The topological polar surface area (TPSA) is 70.6 Å². The summed E-state index contributed by atoms with van der Waals surface area (Å²) < 4.78 is 4.96. The van der Waals surface area contributed by atoms with Gasteiger partial charge in [-0.15, -0.1) is 11.8 Å². The second-order valence-corrected chi connectivity index (χ2v) is 5.98. The molecule has 1 fully saturated rings. The number of benzene rings is 1. The monoisotopic (exact) mass is 296 g/mol. The third-order valence-electron chi connectivity index (χ3n) is 3.20. The van der Waals surface area contributed by atoms with E-state index in [1.807, 2.05) is 0 Å². The zero-order chi connectivity index (χ0) is 14.4. The Labute approximate surface area is 123 Å². The van der Waals surface area contributed by atoms with Gasteiger partial charge in [-0.25, -0.2) is 0 Å². The molecule has 1 amide bonds. The highest BCUT2D eigenvalue weighted by molar-refractivity contribution is 8.00. The van der Waals surface area contributed by atoms with Crippen LogP contribution in [0.4, 0.5) is 5.69 Å². The molecule has 110 valence electrons. The fraction of sp³-hybridized carbons (Fsp3) is 0.500. The van der Waals surface area contributed by atoms with Gasteiger partial charge in [0.05, 0.1) is 12.9 Å². The normalized spacial score (nSPS) is 15.8. The number of carbonyl (C=O) groups is 1. The number of phenolic OH excluding ortho intramolecular Hbond substituents is 1. The number of rotatable bonds is 5. The van der Waals surface area contributed by atoms with Gasteiger partial charge in [-0.05, 0) is 38.1 Å². The Morgan fingerprint density at radius 1 is 1.50 bits per heavy atom. The van der Waals surface area contributed by atoms with Gasteiger partial charge in [-0.3, -0.25) is 4.79 Å². The molecule has 0 radical (unpaired) electrons. The molecule has 20 heavy (non-hydrogen) atoms. The molecule has 6 heteroatoms. The van der Waals surface area contributed by atoms with Crippen LogP contribution in [0.15, 0.2) is 18.2 Å². The molecule has 0 saturated carbocycles. The number of thioether (sulfide) groups is 1. The van der Waals surface area contributed by atoms with E-state index in [0.29, 0.717) is 22.4 Å². The number of carbonyl (C=O) groups excluding carboxylic acids is 1. The van der Waals surface area contributed by atoms with Crippen molar-refractivity contribution in [1.82, 2.24) is 5.32 Å². The van der Waals surface area contributed by atoms with Crippen LogP contribution in [0.1, 0.15) is 12.8 Å². The Kier molecular flexibility index (Phi) is 5.55. The van der Waals surface area contributed by atoms with Gasteiger partial charge in [-0.2, -0.15) is 0 Å². The van der Waals surface area contributed by atoms with E-state index in [-0.39, 0.29) is 11.7 Å². The summed E-state index contributed by atoms with van der Waals surface area (Å²) in [5.41, 5.74) is 0.583. The van der Waals surface area contributed by atoms with Crippen molar-refractivity contribution in [2.75, 3.05) is 31.3 Å². The van der Waals surface area contributed by atoms with E-state index >= 15 is 0 Å². The first-order chi connectivity index (χ1) is 9.69. The predicted molar refractivity (Wildman–Crippen MR) is 81.6 cm³/mol. The Balaban J connectivity index is 1.80. The molecule has 1 aromatic rings. The molecule has 3 N–H and O–H groups in total. The second-order valence-electron chi connectivity index (χ2n) is 4.70. The summed E-state index contributed by atoms with van der Waals surface area (Å²) in [4.78, 5) is 11.9. The molecule has 0 unspecified atom stereocenters. The third kappa shape index (κ3) is 4.31. The van der Waals surface area contributed by atoms with E-state index < -0.39 is 0 Å². The molecule has 0 aromatic heterocycles. The van der Waals surface area contributed by atoms with Gasteiger partial charge < -0.3 is 20.5 Å². The van der Waals surface area contributed by atoms with Crippen LogP contribution in [-0.4, -0.2) is 42.2 Å². The van der Waals surface area contributed by atoms with Crippen LogP contribution in [0.25, 0.3) is 0 Å². The summed E-state index contributed by atoms with van der Waals surface area (Å²) in [6, 6.07) is 4.84. The highest BCUT2D eigenvalue weighted by atomic mass is 32.2. The lowest BCUT2D eigenvalue weighted by molar-refractivity contribution is -0.113. The lowest BCUT2D eigenvalue weighted by Gasteiger charge is -2.21. The molecule has 0 bridgehead atoms. The Bertz CT molecular complexity index is 462. The van der Waals surface area contributed by atoms with E-state index in [0.717, 1.165) is 25.9 Å². The van der Waals surface area contributed by atoms with Gasteiger partial charge in [-0.1, -0.05) is 0 Å². The number of methoxy groups -OCH3 is 1. The third-order valence-corrected chi connectivity index (χ3v) is 4.57. The lowest BCUT2D eigenvalue weighted by atomic mass is 10.2. The van der Waals surface area contributed by atoms with Crippen molar-refractivity contribution in [2.24, 2.45) is 0 Å². The fourth-order valence-electron chi connectivity index (χ4n) is 2.12. The number of phenols is 1. The quantitative estimate of drug-likeness (QED) is 0.773. The van der Waals surface area contributed by atoms with Gasteiger partial charge >= 0.3 is 0 Å². The zero-order valence-corrected chi connectivity index (χ0v) is 12.3. The molecular formula is C14H20N2O3S. The van der Waals surface area contributed by atoms with Gasteiger partial charge in [0.15, 0.2) is 11.5 Å². The number of nitrogens with one attached hydrogen (secondary N) is 2. The summed E-state index contributed by atoms with van der Waals surface area (Å²) in [5.74, 6) is 0.818. The minimum Gasteiger partial charge on any atom is -0.504 e. The Hall–Kier alpha value is -1.40. The smallest absolute Gasteiger partial charge is 0.234 e. The second kappa shape index (κ2) is 7.40. The molecule has 1 aliphatic rings. The van der Waals surface area contributed by atoms with Crippen molar-refractivity contribution < 1.29 is 14.6 Å². The van der Waals surface area contributed by atoms with Crippen LogP contribution in [0.3, 0.4) is 0 Å². The van der Waals surface area contributed by atoms with Crippen molar-refractivity contribution >= 4 is 23.4 Å². The lowest BCUT2D eigenvalue weighted by Crippen LogP contribution is -2.30. The van der Waals surface area contributed by atoms with Gasteiger partial charge in [0.1, 0.15) is 0 Å². The van der Waals surface area contributed by atoms with E-state index in [2.05, 4.69) is 10.6 Å². The number of piperidine rings is 1. The molecule has 1 aliphatic heterocycles. The van der Waals surface area contributed by atoms with E-state index in [1.165, 1.54) is 13.2 Å². The number of hydrogen-bond donors (Lipinski definition) is 3. The minimum atomic E-state index is -0.0434. The van der Waals surface area contributed by atoms with Crippen molar-refractivity contribution in [3.05, 3.63) is 18.2 Å². The van der Waals surface area contributed by atoms with E-state index in [9.17, 15) is 9.90 Å². The van der Waals surface area contributed by atoms with Crippen LogP contribution in [0.5, 0.6) is 11.5 Å². The van der Waals surface area contributed by atoms with Gasteiger partial charge in [0, 0.05) is 17.0 Å². The number of amides is 1. The van der Waals surface area contributed by atoms with Crippen molar-refractivity contribution in [1.29, 1.82) is 0 Å². The number of hydrogen-bond acceptors (Lipinski definition) is 5. The summed E-state index contributed by atoms with van der Waals surface area (Å²) in [6.45, 7) is 2.07. The van der Waals surface area contributed by atoms with Crippen molar-refractivity contribution in [3.8, 4) is 11.5 Å². The van der Waals surface area contributed by atoms with Gasteiger partial charge in [0.2, 0.25) is 5.91 Å². The highest BCUT2D eigenvalue weighted by Crippen LogP contribution is 2.28. The largest absolute Gasteiger partial charge is 0.504 e. The first kappa shape index (κ1) is 15.0. The highest BCUT2D eigenvalue weighted by Gasteiger charge is 2.15. The average molecular weight is 296 g/mol. The van der Waals surface area contributed by atoms with Crippen LogP contribution in [-0.2, 0) is 4.79 Å². The minimum absolute atomic E-state index is 0.0244. The summed E-state index contributed by atoms with van der Waals surface area (Å²) in [5, 5.41) is 16.3. The van der Waals surface area contributed by atoms with Gasteiger partial charge in [0.25, 0.3) is 0 Å². The maximum atomic E-state index is 11.9. The molecule has 1 heterocycles. The average Bonchev–Trinajstić information content (AvgIpc) is 2.46. The zero-order valence-electron chi connectivity index (χ0n) is 11.5. The maximum Gasteiger partial charge on any atom is 0.234 e. The van der Waals surface area contributed by atoms with Crippen LogP contribution in [0, 0.1) is 0 Å². The number of ether oxygens (including phenoxy) is 1. The Morgan fingerprint density at radius 2 is 2.25 bits per heavy atom. The molecule has 2 rings (SSSR count). The van der Waals surface area contributed by atoms with Crippen molar-refractivity contribution in [3.63, 3.8) is 0 Å². The van der Waals surface area contributed by atoms with Crippen LogP contribution in [0.2, 0.25) is 0 Å². The first-order valence-corrected chi connectivity index (χ1v) is 7.73. The maximum absolute atomic E-state index is 11.9. The summed E-state index contributed by atoms with van der Waals surface area (Å²) >= 11 is 1.70. The molecule has 1 saturated heterocycles.